The molecule has 0 aliphatic rings. The van der Waals surface area contributed by atoms with Crippen LogP contribution in [-0.2, 0) is 9.47 Å². The first-order chi connectivity index (χ1) is 5.02. The Bertz CT molecular complexity index is 161. The second kappa shape index (κ2) is 9.82. The van der Waals surface area contributed by atoms with Gasteiger partial charge in [-0.25, -0.2) is 0 Å². The van der Waals surface area contributed by atoms with Crippen molar-refractivity contribution in [2.24, 2.45) is 0 Å². The predicted molar refractivity (Wildman–Crippen MR) is 27.3 cm³/mol. The van der Waals surface area contributed by atoms with Gasteiger partial charge in [0.25, 0.3) is 12.3 Å². The van der Waals surface area contributed by atoms with E-state index in [0.717, 1.165) is 0 Å². The van der Waals surface area contributed by atoms with Gasteiger partial charge in [0.2, 0.25) is 0 Å². The standard InChI is InChI=1S/C5H8O6.2Li/c1-3(11-5(8)9)2-10-4(6)7;;/h3H,2H2,1H3,(H,6,7)(H,8,9);;/q;2*+1/p-2. The van der Waals surface area contributed by atoms with Crippen molar-refractivity contribution in [1.29, 1.82) is 0 Å². The third kappa shape index (κ3) is 14.6. The second-order valence-electron chi connectivity index (χ2n) is 1.74. The molecule has 0 radical (unpaired) electrons. The molecule has 0 heterocycles. The minimum Gasteiger partial charge on any atom is -0.548 e. The fourth-order valence-corrected chi connectivity index (χ4v) is 0.384. The SMILES string of the molecule is CC(COC(=O)[O-])OC(=O)[O-].[Li+].[Li+]. The van der Waals surface area contributed by atoms with Crippen molar-refractivity contribution in [3.8, 4) is 0 Å². The summed E-state index contributed by atoms with van der Waals surface area (Å²) in [4.78, 5) is 19.3. The average molecular weight is 176 g/mol. The van der Waals surface area contributed by atoms with Crippen LogP contribution in [0, 0.1) is 0 Å². The molecular weight excluding hydrogens is 170 g/mol. The Morgan fingerprint density at radius 2 is 1.69 bits per heavy atom. The smallest absolute Gasteiger partial charge is 0.548 e. The van der Waals surface area contributed by atoms with E-state index < -0.39 is 25.0 Å². The number of carbonyl (C=O) groups is 2. The molecule has 0 rings (SSSR count). The van der Waals surface area contributed by atoms with Crippen LogP contribution in [-0.4, -0.2) is 25.0 Å². The van der Waals surface area contributed by atoms with E-state index in [0.29, 0.717) is 0 Å². The Balaban J connectivity index is -0.000000500. The van der Waals surface area contributed by atoms with Gasteiger partial charge in [0.05, 0.1) is 6.10 Å². The van der Waals surface area contributed by atoms with E-state index in [2.05, 4.69) is 9.47 Å². The van der Waals surface area contributed by atoms with E-state index in [4.69, 9.17) is 0 Å². The number of carbonyl (C=O) groups excluding carboxylic acids is 2. The predicted octanol–water partition coefficient (Wildman–Crippen LogP) is -7.90. The van der Waals surface area contributed by atoms with Crippen molar-refractivity contribution in [1.82, 2.24) is 0 Å². The maximum absolute atomic E-state index is 9.70. The van der Waals surface area contributed by atoms with Crippen molar-refractivity contribution >= 4 is 12.3 Å². The van der Waals surface area contributed by atoms with Gasteiger partial charge in [-0.1, -0.05) is 0 Å². The minimum absolute atomic E-state index is 0. The van der Waals surface area contributed by atoms with Crippen molar-refractivity contribution < 1.29 is 67.0 Å². The van der Waals surface area contributed by atoms with E-state index in [-0.39, 0.29) is 37.7 Å². The van der Waals surface area contributed by atoms with Crippen LogP contribution in [0.15, 0.2) is 0 Å². The number of rotatable bonds is 3. The quantitative estimate of drug-likeness (QED) is 0.312. The first kappa shape index (κ1) is 18.5. The summed E-state index contributed by atoms with van der Waals surface area (Å²) in [6.45, 7) is 0.926. The molecule has 0 bridgehead atoms. The Labute approximate surface area is 98.9 Å². The van der Waals surface area contributed by atoms with Gasteiger partial charge in [0, 0.05) is 6.61 Å². The number of carboxylic acid groups (broad SMARTS) is 2. The normalized spacial score (nSPS) is 9.92. The fourth-order valence-electron chi connectivity index (χ4n) is 0.384. The summed E-state index contributed by atoms with van der Waals surface area (Å²) in [6.07, 6.45) is -4.32. The second-order valence-corrected chi connectivity index (χ2v) is 1.74. The molecule has 0 spiro atoms. The molecule has 0 aromatic carbocycles. The largest absolute Gasteiger partial charge is 1.00 e. The van der Waals surface area contributed by atoms with Gasteiger partial charge in [-0.2, -0.15) is 0 Å². The molecule has 0 aliphatic carbocycles. The zero-order chi connectivity index (χ0) is 8.85. The molecule has 0 saturated carbocycles. The topological polar surface area (TPSA) is 98.7 Å². The first-order valence-electron chi connectivity index (χ1n) is 2.73. The van der Waals surface area contributed by atoms with Crippen molar-refractivity contribution in [2.45, 2.75) is 13.0 Å². The molecule has 13 heavy (non-hydrogen) atoms. The molecule has 8 heteroatoms. The Hall–Kier alpha value is -0.265. The molecule has 0 N–H and O–H groups in total. The summed E-state index contributed by atoms with van der Waals surface area (Å²) in [6, 6.07) is 0. The molecule has 0 saturated heterocycles. The van der Waals surface area contributed by atoms with E-state index in [1.165, 1.54) is 6.92 Å². The Morgan fingerprint density at radius 3 is 2.00 bits per heavy atom. The van der Waals surface area contributed by atoms with Crippen LogP contribution in [0.25, 0.3) is 0 Å². The van der Waals surface area contributed by atoms with E-state index in [1.54, 1.807) is 0 Å². The van der Waals surface area contributed by atoms with Crippen LogP contribution in [0.1, 0.15) is 6.92 Å². The zero-order valence-electron chi connectivity index (χ0n) is 7.73. The van der Waals surface area contributed by atoms with Crippen molar-refractivity contribution in [3.63, 3.8) is 0 Å². The third-order valence-electron chi connectivity index (χ3n) is 0.733. The van der Waals surface area contributed by atoms with Crippen LogP contribution in [0.4, 0.5) is 9.59 Å². The molecule has 6 nitrogen and oxygen atoms in total. The van der Waals surface area contributed by atoms with Gasteiger partial charge >= 0.3 is 37.7 Å². The number of ether oxygens (including phenoxy) is 2. The van der Waals surface area contributed by atoms with Crippen molar-refractivity contribution in [3.05, 3.63) is 0 Å². The average Bonchev–Trinajstić information content (AvgIpc) is 1.82. The number of hydrogen-bond acceptors (Lipinski definition) is 6. The van der Waals surface area contributed by atoms with E-state index >= 15 is 0 Å². The third-order valence-corrected chi connectivity index (χ3v) is 0.733. The van der Waals surface area contributed by atoms with Crippen LogP contribution >= 0.6 is 0 Å². The summed E-state index contributed by atoms with van der Waals surface area (Å²) in [5.41, 5.74) is 0. The van der Waals surface area contributed by atoms with Gasteiger partial charge in [-0.15, -0.1) is 0 Å². The van der Waals surface area contributed by atoms with Gasteiger partial charge in [0.1, 0.15) is 0 Å². The zero-order valence-corrected chi connectivity index (χ0v) is 7.73. The molecule has 0 fully saturated rings. The molecule has 0 aromatic heterocycles. The fraction of sp³-hybridized carbons (Fsp3) is 0.600. The van der Waals surface area contributed by atoms with Gasteiger partial charge < -0.3 is 29.3 Å². The Kier molecular flexibility index (Phi) is 14.0. The summed E-state index contributed by atoms with van der Waals surface area (Å²) < 4.78 is 7.88. The Morgan fingerprint density at radius 1 is 1.23 bits per heavy atom. The monoisotopic (exact) mass is 176 g/mol. The number of hydrogen-bond donors (Lipinski definition) is 0. The van der Waals surface area contributed by atoms with Gasteiger partial charge in [-0.05, 0) is 6.92 Å². The molecule has 1 unspecified atom stereocenters. The van der Waals surface area contributed by atoms with Crippen molar-refractivity contribution in [2.75, 3.05) is 6.61 Å². The molecule has 0 aliphatic heterocycles. The molecule has 0 amide bonds. The minimum atomic E-state index is -1.72. The first-order valence-corrected chi connectivity index (χ1v) is 2.73. The molecule has 1 atom stereocenters. The van der Waals surface area contributed by atoms with Crippen LogP contribution in [0.3, 0.4) is 0 Å². The molecular formula is C5H6Li2O6. The maximum atomic E-state index is 9.70. The molecule has 64 valence electrons. The van der Waals surface area contributed by atoms with Gasteiger partial charge in [-0.3, -0.25) is 0 Å². The summed E-state index contributed by atoms with van der Waals surface area (Å²) in [7, 11) is 0. The van der Waals surface area contributed by atoms with E-state index in [9.17, 15) is 19.8 Å². The van der Waals surface area contributed by atoms with Crippen LogP contribution < -0.4 is 47.9 Å². The summed E-state index contributed by atoms with van der Waals surface area (Å²) in [5.74, 6) is 0. The van der Waals surface area contributed by atoms with Crippen LogP contribution in [0.2, 0.25) is 0 Å². The van der Waals surface area contributed by atoms with Crippen LogP contribution in [0.5, 0.6) is 0 Å². The molecule has 0 aromatic rings. The summed E-state index contributed by atoms with van der Waals surface area (Å²) >= 11 is 0. The summed E-state index contributed by atoms with van der Waals surface area (Å²) in [5, 5.41) is 19.3. The van der Waals surface area contributed by atoms with Gasteiger partial charge in [0.15, 0.2) is 0 Å². The van der Waals surface area contributed by atoms with E-state index in [1.807, 2.05) is 0 Å². The maximum Gasteiger partial charge on any atom is 1.00 e.